The highest BCUT2D eigenvalue weighted by Gasteiger charge is 2.48. The van der Waals surface area contributed by atoms with Gasteiger partial charge in [0.2, 0.25) is 5.91 Å². The summed E-state index contributed by atoms with van der Waals surface area (Å²) in [4.78, 5) is 18.9. The molecule has 2 saturated heterocycles. The van der Waals surface area contributed by atoms with Crippen LogP contribution in [0.5, 0.6) is 0 Å². The summed E-state index contributed by atoms with van der Waals surface area (Å²) >= 11 is 1.44. The van der Waals surface area contributed by atoms with Crippen LogP contribution < -0.4 is 0 Å². The van der Waals surface area contributed by atoms with Crippen LogP contribution in [-0.2, 0) is 27.6 Å². The number of carbonyl (C=O) groups excluding carboxylic acids is 1. The number of aliphatic imine (C=N–C) groups is 1. The number of hydrogen-bond acceptors (Lipinski definition) is 4. The van der Waals surface area contributed by atoms with Crippen LogP contribution in [0.2, 0.25) is 0 Å². The minimum atomic E-state index is -3.03. The fourth-order valence-electron chi connectivity index (χ4n) is 3.66. The number of amides is 1. The van der Waals surface area contributed by atoms with Crippen molar-refractivity contribution in [3.8, 4) is 0 Å². The first-order chi connectivity index (χ1) is 13.5. The number of aryl methyl sites for hydroxylation is 1. The van der Waals surface area contributed by atoms with Crippen molar-refractivity contribution in [3.05, 3.63) is 71.8 Å². The number of nitrogens with zero attached hydrogens (tertiary/aromatic N) is 2. The Morgan fingerprint density at radius 3 is 2.32 bits per heavy atom. The van der Waals surface area contributed by atoms with Crippen LogP contribution in [0.25, 0.3) is 0 Å². The molecule has 0 aliphatic carbocycles. The first-order valence-corrected chi connectivity index (χ1v) is 12.0. The van der Waals surface area contributed by atoms with Gasteiger partial charge in [-0.1, -0.05) is 72.4 Å². The van der Waals surface area contributed by atoms with E-state index in [-0.39, 0.29) is 28.7 Å². The van der Waals surface area contributed by atoms with Crippen molar-refractivity contribution >= 4 is 32.7 Å². The van der Waals surface area contributed by atoms with Gasteiger partial charge in [-0.2, -0.15) is 4.99 Å². The summed E-state index contributed by atoms with van der Waals surface area (Å²) in [6, 6.07) is 19.7. The molecular formula is C21H22N2O3S2. The van der Waals surface area contributed by atoms with Gasteiger partial charge in [0, 0.05) is 18.2 Å². The van der Waals surface area contributed by atoms with Crippen LogP contribution in [0.15, 0.2) is 65.7 Å². The van der Waals surface area contributed by atoms with Crippen molar-refractivity contribution in [2.75, 3.05) is 11.5 Å². The largest absolute Gasteiger partial charge is 0.342 e. The van der Waals surface area contributed by atoms with E-state index in [4.69, 9.17) is 0 Å². The Labute approximate surface area is 169 Å². The smallest absolute Gasteiger partial charge is 0.248 e. The number of hydrogen-bond donors (Lipinski definition) is 0. The van der Waals surface area contributed by atoms with E-state index in [0.717, 1.165) is 11.1 Å². The van der Waals surface area contributed by atoms with Gasteiger partial charge in [-0.15, -0.1) is 0 Å². The molecule has 1 amide bonds. The Morgan fingerprint density at radius 1 is 1.00 bits per heavy atom. The summed E-state index contributed by atoms with van der Waals surface area (Å²) in [6.07, 6.45) is 1.00. The summed E-state index contributed by atoms with van der Waals surface area (Å²) in [5.41, 5.74) is 2.19. The Hall–Kier alpha value is -2.12. The lowest BCUT2D eigenvalue weighted by molar-refractivity contribution is -0.117. The van der Waals surface area contributed by atoms with Gasteiger partial charge in [0.1, 0.15) is 0 Å². The van der Waals surface area contributed by atoms with Crippen LogP contribution in [0.1, 0.15) is 17.5 Å². The van der Waals surface area contributed by atoms with Gasteiger partial charge in [0.15, 0.2) is 15.0 Å². The van der Waals surface area contributed by atoms with E-state index in [1.165, 1.54) is 11.8 Å². The van der Waals surface area contributed by atoms with Crippen molar-refractivity contribution in [2.24, 2.45) is 4.99 Å². The van der Waals surface area contributed by atoms with Gasteiger partial charge in [-0.05, 0) is 17.5 Å². The Bertz CT molecular complexity index is 975. The number of thioether (sulfide) groups is 1. The molecule has 0 bridgehead atoms. The third-order valence-corrected chi connectivity index (χ3v) is 8.31. The van der Waals surface area contributed by atoms with Gasteiger partial charge >= 0.3 is 0 Å². The molecule has 7 heteroatoms. The van der Waals surface area contributed by atoms with Crippen LogP contribution >= 0.6 is 11.8 Å². The molecule has 2 atom stereocenters. The van der Waals surface area contributed by atoms with Crippen LogP contribution in [0.4, 0.5) is 0 Å². The number of sulfone groups is 1. The average molecular weight is 415 g/mol. The van der Waals surface area contributed by atoms with Gasteiger partial charge in [0.05, 0.1) is 17.5 Å². The molecule has 0 aromatic heterocycles. The molecule has 0 saturated carbocycles. The molecule has 2 aromatic rings. The van der Waals surface area contributed by atoms with Crippen molar-refractivity contribution in [2.45, 2.75) is 30.7 Å². The minimum absolute atomic E-state index is 0.0469. The standard InChI is InChI=1S/C21H22N2O3S2/c24-20(12-11-16-7-3-1-4-8-16)22-21-23(13-17-9-5-2-6-10-17)18-14-28(25,26)15-19(18)27-21/h1-10,18-19H,11-15H2/t18-,19-/m1/s1. The first-order valence-electron chi connectivity index (χ1n) is 9.33. The first kappa shape index (κ1) is 19.2. The molecule has 2 fully saturated rings. The Morgan fingerprint density at radius 2 is 1.64 bits per heavy atom. The Kier molecular flexibility index (Phi) is 5.55. The second kappa shape index (κ2) is 8.09. The fourth-order valence-corrected chi connectivity index (χ4v) is 7.63. The lowest BCUT2D eigenvalue weighted by Crippen LogP contribution is -2.37. The van der Waals surface area contributed by atoms with Gasteiger partial charge < -0.3 is 4.90 Å². The lowest BCUT2D eigenvalue weighted by atomic mass is 10.1. The van der Waals surface area contributed by atoms with E-state index in [0.29, 0.717) is 24.6 Å². The molecule has 0 radical (unpaired) electrons. The maximum Gasteiger partial charge on any atom is 0.248 e. The minimum Gasteiger partial charge on any atom is -0.342 e. The van der Waals surface area contributed by atoms with Crippen LogP contribution in [-0.4, -0.2) is 47.2 Å². The van der Waals surface area contributed by atoms with E-state index in [1.807, 2.05) is 65.6 Å². The summed E-state index contributed by atoms with van der Waals surface area (Å²) in [5, 5.41) is 0.612. The Balaban J connectivity index is 1.50. The second-order valence-electron chi connectivity index (χ2n) is 7.19. The zero-order chi connectivity index (χ0) is 19.6. The van der Waals surface area contributed by atoms with E-state index in [9.17, 15) is 13.2 Å². The molecule has 2 aliphatic rings. The molecule has 2 aromatic carbocycles. The predicted molar refractivity (Wildman–Crippen MR) is 113 cm³/mol. The SMILES string of the molecule is O=C(CCc1ccccc1)N=C1S[C@@H]2CS(=O)(=O)C[C@H]2N1Cc1ccccc1. The number of rotatable bonds is 5. The molecule has 0 spiro atoms. The fraction of sp³-hybridized carbons (Fsp3) is 0.333. The average Bonchev–Trinajstić information content (AvgIpc) is 3.14. The molecule has 146 valence electrons. The molecule has 0 N–H and O–H groups in total. The molecule has 28 heavy (non-hydrogen) atoms. The molecule has 0 unspecified atom stereocenters. The third kappa shape index (κ3) is 4.47. The summed E-state index contributed by atoms with van der Waals surface area (Å²) < 4.78 is 24.2. The zero-order valence-electron chi connectivity index (χ0n) is 15.4. The van der Waals surface area contributed by atoms with Gasteiger partial charge in [0.25, 0.3) is 0 Å². The zero-order valence-corrected chi connectivity index (χ0v) is 17.0. The molecular weight excluding hydrogens is 392 g/mol. The van der Waals surface area contributed by atoms with E-state index in [2.05, 4.69) is 4.99 Å². The van der Waals surface area contributed by atoms with Gasteiger partial charge in [-0.3, -0.25) is 4.79 Å². The van der Waals surface area contributed by atoms with E-state index in [1.54, 1.807) is 0 Å². The lowest BCUT2D eigenvalue weighted by Gasteiger charge is -2.24. The number of amidine groups is 1. The number of fused-ring (bicyclic) bond motifs is 1. The van der Waals surface area contributed by atoms with E-state index >= 15 is 0 Å². The third-order valence-electron chi connectivity index (χ3n) is 5.06. The molecule has 2 heterocycles. The van der Waals surface area contributed by atoms with E-state index < -0.39 is 9.84 Å². The number of benzene rings is 2. The highest BCUT2D eigenvalue weighted by Crippen LogP contribution is 2.39. The van der Waals surface area contributed by atoms with Crippen molar-refractivity contribution in [1.82, 2.24) is 4.90 Å². The summed E-state index contributed by atoms with van der Waals surface area (Å²) in [6.45, 7) is 0.565. The normalized spacial score (nSPS) is 24.4. The van der Waals surface area contributed by atoms with Crippen molar-refractivity contribution in [3.63, 3.8) is 0 Å². The van der Waals surface area contributed by atoms with Crippen LogP contribution in [0.3, 0.4) is 0 Å². The van der Waals surface area contributed by atoms with Crippen molar-refractivity contribution < 1.29 is 13.2 Å². The maximum absolute atomic E-state index is 12.5. The topological polar surface area (TPSA) is 66.8 Å². The summed E-state index contributed by atoms with van der Waals surface area (Å²) in [7, 11) is -3.03. The highest BCUT2D eigenvalue weighted by atomic mass is 32.2. The van der Waals surface area contributed by atoms with Gasteiger partial charge in [-0.25, -0.2) is 8.42 Å². The van der Waals surface area contributed by atoms with Crippen molar-refractivity contribution in [1.29, 1.82) is 0 Å². The predicted octanol–water partition coefficient (Wildman–Crippen LogP) is 2.92. The maximum atomic E-state index is 12.5. The second-order valence-corrected chi connectivity index (χ2v) is 10.5. The monoisotopic (exact) mass is 414 g/mol. The summed E-state index contributed by atoms with van der Waals surface area (Å²) in [5.74, 6) is 0.131. The highest BCUT2D eigenvalue weighted by molar-refractivity contribution is 8.15. The molecule has 5 nitrogen and oxygen atoms in total. The molecule has 2 aliphatic heterocycles. The quantitative estimate of drug-likeness (QED) is 0.753. The number of carbonyl (C=O) groups is 1. The molecule has 4 rings (SSSR count). The van der Waals surface area contributed by atoms with Crippen LogP contribution in [0, 0.1) is 0 Å².